The van der Waals surface area contributed by atoms with Gasteiger partial charge in [-0.15, -0.1) is 11.3 Å². The van der Waals surface area contributed by atoms with Gasteiger partial charge >= 0.3 is 0 Å². The lowest BCUT2D eigenvalue weighted by Crippen LogP contribution is -2.30. The zero-order valence-corrected chi connectivity index (χ0v) is 15.0. The van der Waals surface area contributed by atoms with E-state index in [9.17, 15) is 4.79 Å². The Kier molecular flexibility index (Phi) is 4.13. The lowest BCUT2D eigenvalue weighted by Gasteiger charge is -2.21. The number of aromatic nitrogens is 2. The number of hydrogen-bond acceptors (Lipinski definition) is 5. The van der Waals surface area contributed by atoms with Gasteiger partial charge < -0.3 is 9.42 Å². The summed E-state index contributed by atoms with van der Waals surface area (Å²) in [6, 6.07) is 11.7. The van der Waals surface area contributed by atoms with Crippen LogP contribution in [-0.4, -0.2) is 27.5 Å². The average molecular weight is 353 g/mol. The van der Waals surface area contributed by atoms with Gasteiger partial charge in [0.05, 0.1) is 4.88 Å². The summed E-state index contributed by atoms with van der Waals surface area (Å²) in [7, 11) is 0. The van der Waals surface area contributed by atoms with Gasteiger partial charge in [0.1, 0.15) is 6.04 Å². The monoisotopic (exact) mass is 353 g/mol. The van der Waals surface area contributed by atoms with Crippen molar-refractivity contribution in [3.8, 4) is 11.4 Å². The molecule has 1 aliphatic rings. The quantitative estimate of drug-likeness (QED) is 0.700. The average Bonchev–Trinajstić information content (AvgIpc) is 3.34. The molecule has 128 valence electrons. The van der Waals surface area contributed by atoms with E-state index in [0.29, 0.717) is 11.7 Å². The van der Waals surface area contributed by atoms with E-state index >= 15 is 0 Å². The van der Waals surface area contributed by atoms with E-state index in [2.05, 4.69) is 10.1 Å². The van der Waals surface area contributed by atoms with Gasteiger partial charge in [-0.1, -0.05) is 29.4 Å². The van der Waals surface area contributed by atoms with Gasteiger partial charge in [0.2, 0.25) is 11.7 Å². The maximum atomic E-state index is 12.8. The van der Waals surface area contributed by atoms with Crippen molar-refractivity contribution in [2.24, 2.45) is 0 Å². The van der Waals surface area contributed by atoms with Crippen LogP contribution in [0.25, 0.3) is 11.4 Å². The summed E-state index contributed by atoms with van der Waals surface area (Å²) in [5.74, 6) is 1.16. The number of aryl methyl sites for hydroxylation is 2. The number of carbonyl (C=O) groups is 1. The SMILES string of the molecule is Cc1ccc(C(=O)N2CCCC2c2nc(-c3ccccc3C)no2)s1. The third-order valence-electron chi connectivity index (χ3n) is 4.58. The maximum Gasteiger partial charge on any atom is 0.264 e. The van der Waals surface area contributed by atoms with Crippen LogP contribution >= 0.6 is 11.3 Å². The van der Waals surface area contributed by atoms with Gasteiger partial charge in [0.25, 0.3) is 5.91 Å². The van der Waals surface area contributed by atoms with Crippen molar-refractivity contribution >= 4 is 17.2 Å². The van der Waals surface area contributed by atoms with E-state index in [1.807, 2.05) is 55.1 Å². The highest BCUT2D eigenvalue weighted by molar-refractivity contribution is 7.13. The number of likely N-dealkylation sites (tertiary alicyclic amines) is 1. The molecule has 1 unspecified atom stereocenters. The van der Waals surface area contributed by atoms with E-state index in [1.54, 1.807) is 0 Å². The van der Waals surface area contributed by atoms with E-state index in [4.69, 9.17) is 4.52 Å². The molecular formula is C19H19N3O2S. The zero-order chi connectivity index (χ0) is 17.4. The molecule has 1 aliphatic heterocycles. The van der Waals surface area contributed by atoms with Crippen molar-refractivity contribution in [2.75, 3.05) is 6.54 Å². The third-order valence-corrected chi connectivity index (χ3v) is 5.57. The van der Waals surface area contributed by atoms with Crippen LogP contribution in [0.1, 0.15) is 44.9 Å². The van der Waals surface area contributed by atoms with Crippen LogP contribution in [0.2, 0.25) is 0 Å². The first-order valence-corrected chi connectivity index (χ1v) is 9.22. The fraction of sp³-hybridized carbons (Fsp3) is 0.316. The molecule has 0 aliphatic carbocycles. The first-order chi connectivity index (χ1) is 12.1. The van der Waals surface area contributed by atoms with Crippen molar-refractivity contribution in [1.82, 2.24) is 15.0 Å². The van der Waals surface area contributed by atoms with Gasteiger partial charge in [-0.2, -0.15) is 4.98 Å². The predicted molar refractivity (Wildman–Crippen MR) is 96.5 cm³/mol. The van der Waals surface area contributed by atoms with Crippen LogP contribution in [0, 0.1) is 13.8 Å². The van der Waals surface area contributed by atoms with Gasteiger partial charge in [0, 0.05) is 17.0 Å². The third kappa shape index (κ3) is 2.98. The van der Waals surface area contributed by atoms with Crippen LogP contribution in [0.3, 0.4) is 0 Å². The smallest absolute Gasteiger partial charge is 0.264 e. The van der Waals surface area contributed by atoms with Crippen molar-refractivity contribution in [1.29, 1.82) is 0 Å². The second-order valence-electron chi connectivity index (χ2n) is 6.34. The molecule has 1 fully saturated rings. The minimum Gasteiger partial charge on any atom is -0.337 e. The van der Waals surface area contributed by atoms with Crippen LogP contribution in [-0.2, 0) is 0 Å². The number of carbonyl (C=O) groups excluding carboxylic acids is 1. The Bertz CT molecular complexity index is 915. The van der Waals surface area contributed by atoms with Gasteiger partial charge in [-0.3, -0.25) is 4.79 Å². The Morgan fingerprint density at radius 3 is 2.84 bits per heavy atom. The number of amides is 1. The standard InChI is InChI=1S/C19H19N3O2S/c1-12-6-3-4-7-14(12)17-20-18(24-21-17)15-8-5-11-22(15)19(23)16-10-9-13(2)25-16/h3-4,6-7,9-10,15H,5,8,11H2,1-2H3. The highest BCUT2D eigenvalue weighted by Gasteiger charge is 2.35. The van der Waals surface area contributed by atoms with Crippen LogP contribution in [0.15, 0.2) is 40.9 Å². The summed E-state index contributed by atoms with van der Waals surface area (Å²) < 4.78 is 5.53. The second-order valence-corrected chi connectivity index (χ2v) is 7.63. The molecule has 3 heterocycles. The molecule has 3 aromatic rings. The van der Waals surface area contributed by atoms with Crippen LogP contribution in [0.4, 0.5) is 0 Å². The molecule has 0 spiro atoms. The molecule has 0 radical (unpaired) electrons. The molecule has 2 aromatic heterocycles. The number of nitrogens with zero attached hydrogens (tertiary/aromatic N) is 3. The van der Waals surface area contributed by atoms with Gasteiger partial charge in [-0.25, -0.2) is 0 Å². The Hall–Kier alpha value is -2.47. The summed E-state index contributed by atoms with van der Waals surface area (Å²) in [5.41, 5.74) is 2.06. The van der Waals surface area contributed by atoms with Crippen molar-refractivity contribution in [3.05, 3.63) is 57.6 Å². The predicted octanol–water partition coefficient (Wildman–Crippen LogP) is 4.39. The van der Waals surface area contributed by atoms with Crippen molar-refractivity contribution in [3.63, 3.8) is 0 Å². The minimum absolute atomic E-state index is 0.0521. The summed E-state index contributed by atoms with van der Waals surface area (Å²) in [6.45, 7) is 4.76. The van der Waals surface area contributed by atoms with Crippen molar-refractivity contribution in [2.45, 2.75) is 32.7 Å². The van der Waals surface area contributed by atoms with Crippen LogP contribution in [0.5, 0.6) is 0 Å². The van der Waals surface area contributed by atoms with Gasteiger partial charge in [-0.05, 0) is 44.4 Å². The number of benzene rings is 1. The lowest BCUT2D eigenvalue weighted by molar-refractivity contribution is 0.0715. The summed E-state index contributed by atoms with van der Waals surface area (Å²) in [4.78, 5) is 21.2. The molecule has 0 N–H and O–H groups in total. The maximum absolute atomic E-state index is 12.8. The number of thiophene rings is 1. The molecule has 6 heteroatoms. The van der Waals surface area contributed by atoms with E-state index in [0.717, 1.165) is 40.3 Å². The highest BCUT2D eigenvalue weighted by Crippen LogP contribution is 2.34. The van der Waals surface area contributed by atoms with Crippen LogP contribution < -0.4 is 0 Å². The van der Waals surface area contributed by atoms with Gasteiger partial charge in [0.15, 0.2) is 0 Å². The molecule has 1 amide bonds. The summed E-state index contributed by atoms with van der Waals surface area (Å²) in [5, 5.41) is 4.14. The normalized spacial score (nSPS) is 17.2. The summed E-state index contributed by atoms with van der Waals surface area (Å²) >= 11 is 1.53. The molecular weight excluding hydrogens is 334 g/mol. The van der Waals surface area contributed by atoms with E-state index in [1.165, 1.54) is 11.3 Å². The first-order valence-electron chi connectivity index (χ1n) is 8.40. The van der Waals surface area contributed by atoms with E-state index in [-0.39, 0.29) is 11.9 Å². The van der Waals surface area contributed by atoms with Crippen molar-refractivity contribution < 1.29 is 9.32 Å². The molecule has 4 rings (SSSR count). The molecule has 0 saturated carbocycles. The summed E-state index contributed by atoms with van der Waals surface area (Å²) in [6.07, 6.45) is 1.80. The zero-order valence-electron chi connectivity index (χ0n) is 14.2. The molecule has 5 nitrogen and oxygen atoms in total. The highest BCUT2D eigenvalue weighted by atomic mass is 32.1. The molecule has 1 atom stereocenters. The number of rotatable bonds is 3. The molecule has 0 bridgehead atoms. The molecule has 1 aromatic carbocycles. The molecule has 25 heavy (non-hydrogen) atoms. The fourth-order valence-electron chi connectivity index (χ4n) is 3.26. The fourth-order valence-corrected chi connectivity index (χ4v) is 4.08. The Balaban J connectivity index is 1.61. The Labute approximate surface area is 150 Å². The second kappa shape index (κ2) is 6.44. The Morgan fingerprint density at radius 1 is 1.24 bits per heavy atom. The first kappa shape index (κ1) is 16.0. The topological polar surface area (TPSA) is 59.2 Å². The Morgan fingerprint density at radius 2 is 2.08 bits per heavy atom. The molecule has 1 saturated heterocycles. The van der Waals surface area contributed by atoms with E-state index < -0.39 is 0 Å². The minimum atomic E-state index is -0.139. The largest absolute Gasteiger partial charge is 0.337 e. The number of hydrogen-bond donors (Lipinski definition) is 0. The lowest BCUT2D eigenvalue weighted by atomic mass is 10.1.